The highest BCUT2D eigenvalue weighted by atomic mass is 32.1. The summed E-state index contributed by atoms with van der Waals surface area (Å²) in [6.45, 7) is 0.673. The van der Waals surface area contributed by atoms with Crippen molar-refractivity contribution < 1.29 is 4.39 Å². The number of para-hydroxylation sites is 1. The average Bonchev–Trinajstić information content (AvgIpc) is 2.90. The Hall–Kier alpha value is -2.01. The summed E-state index contributed by atoms with van der Waals surface area (Å²) in [6, 6.07) is 6.92. The molecule has 0 fully saturated rings. The minimum atomic E-state index is -0.325. The van der Waals surface area contributed by atoms with E-state index < -0.39 is 0 Å². The van der Waals surface area contributed by atoms with Crippen LogP contribution in [0.25, 0.3) is 10.9 Å². The molecule has 0 aliphatic carbocycles. The molecule has 0 spiro atoms. The molecular weight excluding hydrogens is 249 g/mol. The van der Waals surface area contributed by atoms with E-state index in [1.807, 2.05) is 17.5 Å². The maximum absolute atomic E-state index is 13.6. The van der Waals surface area contributed by atoms with Crippen LogP contribution in [0.2, 0.25) is 0 Å². The fourth-order valence-electron chi connectivity index (χ4n) is 1.77. The quantitative estimate of drug-likeness (QED) is 0.783. The molecule has 3 aromatic rings. The normalized spacial score (nSPS) is 10.7. The van der Waals surface area contributed by atoms with Crippen LogP contribution in [0.1, 0.15) is 5.56 Å². The Kier molecular flexibility index (Phi) is 2.90. The Morgan fingerprint density at radius 3 is 3.00 bits per heavy atom. The summed E-state index contributed by atoms with van der Waals surface area (Å²) in [6.07, 6.45) is 1.38. The molecule has 1 aromatic carbocycles. The summed E-state index contributed by atoms with van der Waals surface area (Å²) < 4.78 is 13.6. The van der Waals surface area contributed by atoms with Crippen molar-refractivity contribution in [2.45, 2.75) is 6.54 Å². The van der Waals surface area contributed by atoms with Crippen LogP contribution < -0.4 is 5.32 Å². The number of anilines is 1. The van der Waals surface area contributed by atoms with Gasteiger partial charge in [-0.25, -0.2) is 14.4 Å². The Morgan fingerprint density at radius 1 is 1.22 bits per heavy atom. The van der Waals surface area contributed by atoms with E-state index >= 15 is 0 Å². The molecule has 1 N–H and O–H groups in total. The summed E-state index contributed by atoms with van der Waals surface area (Å²) in [5.41, 5.74) is 1.53. The fourth-order valence-corrected chi connectivity index (χ4v) is 2.44. The van der Waals surface area contributed by atoms with E-state index in [2.05, 4.69) is 20.7 Å². The van der Waals surface area contributed by atoms with Crippen LogP contribution in [0.3, 0.4) is 0 Å². The monoisotopic (exact) mass is 259 g/mol. The van der Waals surface area contributed by atoms with Crippen molar-refractivity contribution in [3.8, 4) is 0 Å². The third kappa shape index (κ3) is 2.04. The van der Waals surface area contributed by atoms with E-state index in [9.17, 15) is 4.39 Å². The molecule has 0 atom stereocenters. The number of halogens is 1. The van der Waals surface area contributed by atoms with Gasteiger partial charge in [0, 0.05) is 11.9 Å². The van der Waals surface area contributed by atoms with Crippen molar-refractivity contribution in [1.29, 1.82) is 0 Å². The highest BCUT2D eigenvalue weighted by Gasteiger charge is 2.06. The summed E-state index contributed by atoms with van der Waals surface area (Å²) >= 11 is 1.65. The zero-order valence-electron chi connectivity index (χ0n) is 9.43. The van der Waals surface area contributed by atoms with E-state index in [4.69, 9.17) is 0 Å². The van der Waals surface area contributed by atoms with Gasteiger partial charge in [0.1, 0.15) is 23.5 Å². The third-order valence-corrected chi connectivity index (χ3v) is 3.39. The second kappa shape index (κ2) is 4.70. The third-order valence-electron chi connectivity index (χ3n) is 2.66. The summed E-state index contributed by atoms with van der Waals surface area (Å²) in [4.78, 5) is 8.12. The van der Waals surface area contributed by atoms with Crippen molar-refractivity contribution in [3.63, 3.8) is 0 Å². The lowest BCUT2D eigenvalue weighted by molar-refractivity contribution is 0.636. The van der Waals surface area contributed by atoms with Gasteiger partial charge in [-0.1, -0.05) is 6.07 Å². The van der Waals surface area contributed by atoms with Gasteiger partial charge >= 0.3 is 0 Å². The van der Waals surface area contributed by atoms with Gasteiger partial charge in [-0.05, 0) is 34.5 Å². The number of aromatic nitrogens is 2. The fraction of sp³-hybridized carbons (Fsp3) is 0.0769. The standard InChI is InChI=1S/C13H10FN3S/c14-11-3-1-2-10-12(11)16-8-17-13(10)15-6-9-4-5-18-7-9/h1-5,7-8H,6H2,(H,15,16,17). The summed E-state index contributed by atoms with van der Waals surface area (Å²) in [5.74, 6) is 0.333. The zero-order valence-corrected chi connectivity index (χ0v) is 10.2. The first-order valence-electron chi connectivity index (χ1n) is 5.49. The molecule has 0 saturated heterocycles. The first-order valence-corrected chi connectivity index (χ1v) is 6.43. The summed E-state index contributed by atoms with van der Waals surface area (Å²) in [7, 11) is 0. The van der Waals surface area contributed by atoms with Crippen molar-refractivity contribution in [2.24, 2.45) is 0 Å². The van der Waals surface area contributed by atoms with E-state index in [1.165, 1.54) is 18.0 Å². The smallest absolute Gasteiger partial charge is 0.149 e. The SMILES string of the molecule is Fc1cccc2c(NCc3ccsc3)ncnc12. The van der Waals surface area contributed by atoms with E-state index in [1.54, 1.807) is 17.4 Å². The van der Waals surface area contributed by atoms with Gasteiger partial charge < -0.3 is 5.32 Å². The molecule has 90 valence electrons. The number of fused-ring (bicyclic) bond motifs is 1. The maximum atomic E-state index is 13.6. The Balaban J connectivity index is 1.94. The van der Waals surface area contributed by atoms with Gasteiger partial charge in [0.25, 0.3) is 0 Å². The molecule has 0 radical (unpaired) electrons. The van der Waals surface area contributed by atoms with Crippen LogP contribution in [0.15, 0.2) is 41.4 Å². The lowest BCUT2D eigenvalue weighted by atomic mass is 10.2. The number of nitrogens with one attached hydrogen (secondary N) is 1. The molecular formula is C13H10FN3S. The van der Waals surface area contributed by atoms with Crippen molar-refractivity contribution in [1.82, 2.24) is 9.97 Å². The Bertz CT molecular complexity index is 667. The van der Waals surface area contributed by atoms with Gasteiger partial charge in [-0.2, -0.15) is 11.3 Å². The van der Waals surface area contributed by atoms with Crippen LogP contribution in [0.5, 0.6) is 0 Å². The molecule has 3 nitrogen and oxygen atoms in total. The van der Waals surface area contributed by atoms with Crippen molar-refractivity contribution in [3.05, 3.63) is 52.7 Å². The number of hydrogen-bond donors (Lipinski definition) is 1. The molecule has 18 heavy (non-hydrogen) atoms. The molecule has 3 rings (SSSR count). The van der Waals surface area contributed by atoms with Crippen molar-refractivity contribution in [2.75, 3.05) is 5.32 Å². The maximum Gasteiger partial charge on any atom is 0.149 e. The van der Waals surface area contributed by atoms with E-state index in [0.717, 1.165) is 0 Å². The van der Waals surface area contributed by atoms with Gasteiger partial charge in [0.05, 0.1) is 0 Å². The Labute approximate surface area is 107 Å². The van der Waals surface area contributed by atoms with E-state index in [-0.39, 0.29) is 5.82 Å². The minimum Gasteiger partial charge on any atom is -0.365 e. The summed E-state index contributed by atoms with van der Waals surface area (Å²) in [5, 5.41) is 8.00. The number of rotatable bonds is 3. The predicted octanol–water partition coefficient (Wildman–Crippen LogP) is 3.44. The van der Waals surface area contributed by atoms with Crippen LogP contribution in [-0.2, 0) is 6.54 Å². The van der Waals surface area contributed by atoms with Gasteiger partial charge in [-0.15, -0.1) is 0 Å². The highest BCUT2D eigenvalue weighted by Crippen LogP contribution is 2.21. The molecule has 0 unspecified atom stereocenters. The number of nitrogens with zero attached hydrogens (tertiary/aromatic N) is 2. The Morgan fingerprint density at radius 2 is 2.17 bits per heavy atom. The molecule has 2 heterocycles. The van der Waals surface area contributed by atoms with Gasteiger partial charge in [0.2, 0.25) is 0 Å². The lowest BCUT2D eigenvalue weighted by Gasteiger charge is -2.07. The van der Waals surface area contributed by atoms with Crippen LogP contribution in [0.4, 0.5) is 10.2 Å². The molecule has 5 heteroatoms. The first kappa shape index (κ1) is 11.1. The second-order valence-corrected chi connectivity index (χ2v) is 4.62. The number of benzene rings is 1. The first-order chi connectivity index (χ1) is 8.84. The van der Waals surface area contributed by atoms with Gasteiger partial charge in [-0.3, -0.25) is 0 Å². The van der Waals surface area contributed by atoms with Crippen molar-refractivity contribution >= 4 is 28.1 Å². The number of hydrogen-bond acceptors (Lipinski definition) is 4. The molecule has 0 bridgehead atoms. The molecule has 0 aliphatic rings. The lowest BCUT2D eigenvalue weighted by Crippen LogP contribution is -2.02. The van der Waals surface area contributed by atoms with Gasteiger partial charge in [0.15, 0.2) is 0 Å². The van der Waals surface area contributed by atoms with Crippen LogP contribution in [-0.4, -0.2) is 9.97 Å². The molecule has 0 aliphatic heterocycles. The predicted molar refractivity (Wildman–Crippen MR) is 71.1 cm³/mol. The number of thiophene rings is 1. The zero-order chi connectivity index (χ0) is 12.4. The molecule has 0 saturated carbocycles. The van der Waals surface area contributed by atoms with E-state index in [0.29, 0.717) is 23.3 Å². The average molecular weight is 259 g/mol. The minimum absolute atomic E-state index is 0.325. The second-order valence-electron chi connectivity index (χ2n) is 3.84. The largest absolute Gasteiger partial charge is 0.365 e. The molecule has 2 aromatic heterocycles. The van der Waals surface area contributed by atoms with Crippen LogP contribution in [0, 0.1) is 5.82 Å². The topological polar surface area (TPSA) is 37.8 Å². The van der Waals surface area contributed by atoms with Crippen LogP contribution >= 0.6 is 11.3 Å². The highest BCUT2D eigenvalue weighted by molar-refractivity contribution is 7.07. The molecule has 0 amide bonds.